The molecule has 9 aromatic carbocycles. The van der Waals surface area contributed by atoms with E-state index >= 15 is 0 Å². The van der Waals surface area contributed by atoms with E-state index in [1.807, 2.05) is 12.1 Å². The van der Waals surface area contributed by atoms with Crippen molar-refractivity contribution in [3.63, 3.8) is 0 Å². The number of hydrogen-bond acceptors (Lipinski definition) is 2. The molecule has 0 radical (unpaired) electrons. The van der Waals surface area contributed by atoms with Crippen LogP contribution in [-0.4, -0.2) is 5.71 Å². The Morgan fingerprint density at radius 1 is 0.458 bits per heavy atom. The van der Waals surface area contributed by atoms with Crippen molar-refractivity contribution < 1.29 is 0 Å². The zero-order valence-electron chi connectivity index (χ0n) is 33.4. The molecule has 0 spiro atoms. The van der Waals surface area contributed by atoms with Crippen molar-refractivity contribution in [1.29, 1.82) is 0 Å². The van der Waals surface area contributed by atoms with Gasteiger partial charge in [-0.05, 0) is 107 Å². The molecule has 1 aliphatic rings. The van der Waals surface area contributed by atoms with Gasteiger partial charge in [0, 0.05) is 22.2 Å². The van der Waals surface area contributed by atoms with Crippen molar-refractivity contribution in [2.24, 2.45) is 10.7 Å². The third kappa shape index (κ3) is 6.63. The average molecular weight is 757 g/mol. The molecule has 10 rings (SSSR count). The molecule has 2 N–H and O–H groups in total. The lowest BCUT2D eigenvalue weighted by Gasteiger charge is -2.22. The monoisotopic (exact) mass is 756 g/mol. The van der Waals surface area contributed by atoms with Crippen molar-refractivity contribution in [1.82, 2.24) is 0 Å². The Balaban J connectivity index is 1.00. The maximum Gasteiger partial charge on any atom is 0.0677 e. The van der Waals surface area contributed by atoms with Gasteiger partial charge in [0.1, 0.15) is 0 Å². The maximum absolute atomic E-state index is 7.12. The molecule has 1 aliphatic carbocycles. The van der Waals surface area contributed by atoms with Gasteiger partial charge in [0.25, 0.3) is 0 Å². The molecule has 2 heteroatoms. The zero-order chi connectivity index (χ0) is 39.9. The molecule has 0 saturated heterocycles. The third-order valence-electron chi connectivity index (χ3n) is 12.2. The summed E-state index contributed by atoms with van der Waals surface area (Å²) in [6, 6.07) is 71.8. The van der Waals surface area contributed by atoms with Gasteiger partial charge < -0.3 is 5.73 Å². The minimum Gasteiger partial charge on any atom is -0.398 e. The molecule has 0 amide bonds. The standard InChI is InChI=1S/C57H44N2/c1-57(2)53-32-29-44(34-51(53)52-33-42-19-9-10-20-43(42)35-54(52)57)39-25-27-41(28-26-39)46-30-31-49(48-23-13-12-22-47(46)48)55(58)36-56(59-37-38-15-5-3-6-16-38)50-24-14-11-21-45(50)40-17-7-4-8-18-40/h3-36H,37,58H2,1-2H3/b55-36-,59-56?. The summed E-state index contributed by atoms with van der Waals surface area (Å²) in [5, 5.41) is 4.84. The summed E-state index contributed by atoms with van der Waals surface area (Å²) >= 11 is 0. The predicted octanol–water partition coefficient (Wildman–Crippen LogP) is 14.3. The number of hydrogen-bond donors (Lipinski definition) is 1. The van der Waals surface area contributed by atoms with Crippen LogP contribution in [0.1, 0.15) is 41.7 Å². The van der Waals surface area contributed by atoms with Crippen LogP contribution in [0.2, 0.25) is 0 Å². The highest BCUT2D eigenvalue weighted by molar-refractivity contribution is 6.16. The number of fused-ring (bicyclic) bond motifs is 5. The van der Waals surface area contributed by atoms with Crippen molar-refractivity contribution in [2.45, 2.75) is 25.8 Å². The van der Waals surface area contributed by atoms with Crippen LogP contribution in [0.5, 0.6) is 0 Å². The molecule has 0 heterocycles. The first-order chi connectivity index (χ1) is 28.9. The largest absolute Gasteiger partial charge is 0.398 e. The van der Waals surface area contributed by atoms with Crippen LogP contribution in [0.15, 0.2) is 211 Å². The van der Waals surface area contributed by atoms with Crippen molar-refractivity contribution >= 4 is 33.0 Å². The van der Waals surface area contributed by atoms with Crippen LogP contribution in [-0.2, 0) is 12.0 Å². The Hall–Kier alpha value is -7.29. The minimum absolute atomic E-state index is 0.0495. The van der Waals surface area contributed by atoms with E-state index in [2.05, 4.69) is 208 Å². The Morgan fingerprint density at radius 3 is 1.83 bits per heavy atom. The van der Waals surface area contributed by atoms with Gasteiger partial charge in [-0.3, -0.25) is 4.99 Å². The second-order valence-electron chi connectivity index (χ2n) is 16.1. The fourth-order valence-corrected chi connectivity index (χ4v) is 9.03. The fraction of sp³-hybridized carbons (Fsp3) is 0.0702. The van der Waals surface area contributed by atoms with Gasteiger partial charge in [-0.1, -0.05) is 196 Å². The van der Waals surface area contributed by atoms with Crippen molar-refractivity contribution in [3.8, 4) is 44.5 Å². The summed E-state index contributed by atoms with van der Waals surface area (Å²) < 4.78 is 0. The van der Waals surface area contributed by atoms with Gasteiger partial charge in [0.15, 0.2) is 0 Å². The summed E-state index contributed by atoms with van der Waals surface area (Å²) in [5.41, 5.74) is 24.3. The second kappa shape index (κ2) is 14.9. The SMILES string of the molecule is CC1(C)c2ccc(-c3ccc(-c4ccc(/C(N)=C/C(=NCc5ccccc5)c5ccccc5-c5ccccc5)c5ccccc45)cc3)cc2-c2cc3ccccc3cc21. The van der Waals surface area contributed by atoms with Gasteiger partial charge in [-0.15, -0.1) is 0 Å². The van der Waals surface area contributed by atoms with Gasteiger partial charge in [0.05, 0.1) is 12.3 Å². The van der Waals surface area contributed by atoms with Gasteiger partial charge in [-0.25, -0.2) is 0 Å². The number of nitrogens with two attached hydrogens (primary N) is 1. The van der Waals surface area contributed by atoms with Crippen LogP contribution < -0.4 is 5.73 Å². The highest BCUT2D eigenvalue weighted by Gasteiger charge is 2.35. The van der Waals surface area contributed by atoms with Crippen molar-refractivity contribution in [2.75, 3.05) is 0 Å². The van der Waals surface area contributed by atoms with Crippen LogP contribution in [0.4, 0.5) is 0 Å². The second-order valence-corrected chi connectivity index (χ2v) is 16.1. The zero-order valence-corrected chi connectivity index (χ0v) is 33.4. The molecule has 282 valence electrons. The number of allylic oxidation sites excluding steroid dienone is 1. The fourth-order valence-electron chi connectivity index (χ4n) is 9.03. The Morgan fingerprint density at radius 2 is 1.05 bits per heavy atom. The lowest BCUT2D eigenvalue weighted by atomic mass is 9.81. The van der Waals surface area contributed by atoms with Crippen molar-refractivity contribution in [3.05, 3.63) is 234 Å². The lowest BCUT2D eigenvalue weighted by molar-refractivity contribution is 0.661. The summed E-state index contributed by atoms with van der Waals surface area (Å²) in [7, 11) is 0. The van der Waals surface area contributed by atoms with Gasteiger partial charge in [-0.2, -0.15) is 0 Å². The van der Waals surface area contributed by atoms with E-state index in [9.17, 15) is 0 Å². The van der Waals surface area contributed by atoms with Gasteiger partial charge in [0.2, 0.25) is 0 Å². The topological polar surface area (TPSA) is 38.4 Å². The molecule has 2 nitrogen and oxygen atoms in total. The van der Waals surface area contributed by atoms with E-state index in [1.165, 1.54) is 55.3 Å². The minimum atomic E-state index is -0.0495. The van der Waals surface area contributed by atoms with Crippen LogP contribution in [0, 0.1) is 0 Å². The van der Waals surface area contributed by atoms with Crippen LogP contribution in [0.3, 0.4) is 0 Å². The first-order valence-corrected chi connectivity index (χ1v) is 20.4. The third-order valence-corrected chi connectivity index (χ3v) is 12.2. The first kappa shape index (κ1) is 36.1. The van der Waals surface area contributed by atoms with E-state index in [0.717, 1.165) is 44.3 Å². The molecule has 0 bridgehead atoms. The molecule has 0 unspecified atom stereocenters. The predicted molar refractivity (Wildman–Crippen MR) is 251 cm³/mol. The molecular formula is C57H44N2. The number of nitrogens with zero attached hydrogens (tertiary/aromatic N) is 1. The summed E-state index contributed by atoms with van der Waals surface area (Å²) in [4.78, 5) is 5.20. The molecule has 0 atom stereocenters. The van der Waals surface area contributed by atoms with Crippen LogP contribution >= 0.6 is 0 Å². The van der Waals surface area contributed by atoms with E-state index < -0.39 is 0 Å². The number of rotatable bonds is 8. The number of benzene rings is 9. The number of aliphatic imine (C=N–C) groups is 1. The van der Waals surface area contributed by atoms with E-state index in [1.54, 1.807) is 0 Å². The summed E-state index contributed by atoms with van der Waals surface area (Å²) in [6.45, 7) is 5.25. The Labute approximate surface area is 346 Å². The van der Waals surface area contributed by atoms with Gasteiger partial charge >= 0.3 is 0 Å². The van der Waals surface area contributed by atoms with Crippen LogP contribution in [0.25, 0.3) is 71.7 Å². The van der Waals surface area contributed by atoms with E-state index in [-0.39, 0.29) is 5.41 Å². The Kier molecular flexibility index (Phi) is 9.11. The lowest BCUT2D eigenvalue weighted by Crippen LogP contribution is -2.14. The normalized spacial score (nSPS) is 13.4. The summed E-state index contributed by atoms with van der Waals surface area (Å²) in [6.07, 6.45) is 2.06. The molecule has 0 aliphatic heterocycles. The molecular weight excluding hydrogens is 713 g/mol. The molecule has 0 aromatic heterocycles. The smallest absolute Gasteiger partial charge is 0.0677 e. The van der Waals surface area contributed by atoms with E-state index in [4.69, 9.17) is 10.7 Å². The molecule has 59 heavy (non-hydrogen) atoms. The first-order valence-electron chi connectivity index (χ1n) is 20.4. The highest BCUT2D eigenvalue weighted by Crippen LogP contribution is 2.51. The molecule has 0 fully saturated rings. The van der Waals surface area contributed by atoms with E-state index in [0.29, 0.717) is 12.2 Å². The molecule has 9 aromatic rings. The average Bonchev–Trinajstić information content (AvgIpc) is 3.51. The summed E-state index contributed by atoms with van der Waals surface area (Å²) in [5.74, 6) is 0. The Bertz CT molecular complexity index is 3080. The quantitative estimate of drug-likeness (QED) is 0.154. The molecule has 0 saturated carbocycles. The highest BCUT2D eigenvalue weighted by atomic mass is 14.7. The maximum atomic E-state index is 7.12.